The van der Waals surface area contributed by atoms with E-state index < -0.39 is 29.1 Å². The minimum Gasteiger partial charge on any atom is -0.481 e. The molecule has 1 aliphatic rings. The second-order valence-corrected chi connectivity index (χ2v) is 5.53. The molecule has 0 aromatic heterocycles. The standard InChI is InChI=1S/C15H17FN2O4/c1-9(19)17-12-7-10(3-4-11(12)16)14(22)18-15(5-2-6-15)8-13(20)21/h3-4,7H,2,5-6,8H2,1H3,(H,17,19)(H,18,22)(H,20,21). The Morgan fingerprint density at radius 2 is 2.00 bits per heavy atom. The number of benzene rings is 1. The Kier molecular flexibility index (Phi) is 4.44. The molecule has 0 unspecified atom stereocenters. The molecule has 1 fully saturated rings. The Hall–Kier alpha value is -2.44. The molecular weight excluding hydrogens is 291 g/mol. The summed E-state index contributed by atoms with van der Waals surface area (Å²) in [6.07, 6.45) is 1.92. The van der Waals surface area contributed by atoms with Crippen molar-refractivity contribution in [3.63, 3.8) is 0 Å². The van der Waals surface area contributed by atoms with Crippen molar-refractivity contribution >= 4 is 23.5 Å². The lowest BCUT2D eigenvalue weighted by Crippen LogP contribution is -2.54. The zero-order chi connectivity index (χ0) is 16.3. The van der Waals surface area contributed by atoms with Gasteiger partial charge >= 0.3 is 5.97 Å². The molecule has 3 N–H and O–H groups in total. The highest BCUT2D eigenvalue weighted by molar-refractivity contribution is 5.97. The first kappa shape index (κ1) is 15.9. The number of rotatable bonds is 5. The quantitative estimate of drug-likeness (QED) is 0.774. The molecule has 1 saturated carbocycles. The summed E-state index contributed by atoms with van der Waals surface area (Å²) in [5.41, 5.74) is -0.645. The number of halogens is 1. The van der Waals surface area contributed by atoms with Gasteiger partial charge in [0.2, 0.25) is 5.91 Å². The van der Waals surface area contributed by atoms with Crippen molar-refractivity contribution < 1.29 is 23.9 Å². The van der Waals surface area contributed by atoms with Crippen LogP contribution in [-0.2, 0) is 9.59 Å². The molecule has 1 aliphatic carbocycles. The molecule has 0 spiro atoms. The van der Waals surface area contributed by atoms with Gasteiger partial charge in [0.1, 0.15) is 5.82 Å². The molecule has 0 saturated heterocycles. The van der Waals surface area contributed by atoms with Crippen molar-refractivity contribution in [2.75, 3.05) is 5.32 Å². The lowest BCUT2D eigenvalue weighted by atomic mass is 9.74. The zero-order valence-corrected chi connectivity index (χ0v) is 12.1. The van der Waals surface area contributed by atoms with Crippen LogP contribution in [-0.4, -0.2) is 28.4 Å². The van der Waals surface area contributed by atoms with E-state index in [1.165, 1.54) is 19.1 Å². The van der Waals surface area contributed by atoms with Crippen LogP contribution in [0.3, 0.4) is 0 Å². The van der Waals surface area contributed by atoms with E-state index in [1.54, 1.807) is 0 Å². The van der Waals surface area contributed by atoms with Gasteiger partial charge < -0.3 is 15.7 Å². The van der Waals surface area contributed by atoms with E-state index in [-0.39, 0.29) is 17.7 Å². The Morgan fingerprint density at radius 1 is 1.32 bits per heavy atom. The number of amides is 2. The van der Waals surface area contributed by atoms with Gasteiger partial charge in [0.05, 0.1) is 17.6 Å². The van der Waals surface area contributed by atoms with Crippen molar-refractivity contribution in [1.29, 1.82) is 0 Å². The maximum absolute atomic E-state index is 13.6. The summed E-state index contributed by atoms with van der Waals surface area (Å²) in [6, 6.07) is 3.62. The van der Waals surface area contributed by atoms with Gasteiger partial charge in [-0.2, -0.15) is 0 Å². The van der Waals surface area contributed by atoms with Gasteiger partial charge in [0.15, 0.2) is 0 Å². The lowest BCUT2D eigenvalue weighted by molar-refractivity contribution is -0.139. The number of carbonyl (C=O) groups is 3. The summed E-state index contributed by atoms with van der Waals surface area (Å²) >= 11 is 0. The summed E-state index contributed by atoms with van der Waals surface area (Å²) in [7, 11) is 0. The number of carbonyl (C=O) groups excluding carboxylic acids is 2. The van der Waals surface area contributed by atoms with Crippen molar-refractivity contribution in [3.05, 3.63) is 29.6 Å². The predicted molar refractivity (Wildman–Crippen MR) is 77.0 cm³/mol. The van der Waals surface area contributed by atoms with Gasteiger partial charge in [-0.25, -0.2) is 4.39 Å². The summed E-state index contributed by atoms with van der Waals surface area (Å²) in [6.45, 7) is 1.24. The van der Waals surface area contributed by atoms with Crippen LogP contribution in [0.15, 0.2) is 18.2 Å². The number of nitrogens with one attached hydrogen (secondary N) is 2. The molecule has 0 radical (unpaired) electrons. The predicted octanol–water partition coefficient (Wildman–Crippen LogP) is 1.91. The third-order valence-electron chi connectivity index (χ3n) is 3.72. The first-order chi connectivity index (χ1) is 10.3. The van der Waals surface area contributed by atoms with Crippen molar-refractivity contribution in [2.45, 2.75) is 38.1 Å². The monoisotopic (exact) mass is 308 g/mol. The second kappa shape index (κ2) is 6.13. The normalized spacial score (nSPS) is 15.5. The number of carboxylic acids is 1. The Labute approximate surface area is 126 Å². The summed E-state index contributed by atoms with van der Waals surface area (Å²) < 4.78 is 13.6. The van der Waals surface area contributed by atoms with Crippen LogP contribution in [0, 0.1) is 5.82 Å². The number of carboxylic acid groups (broad SMARTS) is 1. The second-order valence-electron chi connectivity index (χ2n) is 5.53. The topological polar surface area (TPSA) is 95.5 Å². The van der Waals surface area contributed by atoms with Crippen LogP contribution in [0.2, 0.25) is 0 Å². The number of anilines is 1. The van der Waals surface area contributed by atoms with Crippen LogP contribution < -0.4 is 10.6 Å². The lowest BCUT2D eigenvalue weighted by Gasteiger charge is -2.41. The minimum absolute atomic E-state index is 0.0824. The summed E-state index contributed by atoms with van der Waals surface area (Å²) in [5.74, 6) is -2.54. The van der Waals surface area contributed by atoms with E-state index in [1.807, 2.05) is 0 Å². The van der Waals surface area contributed by atoms with Gasteiger partial charge in [0.25, 0.3) is 5.91 Å². The van der Waals surface area contributed by atoms with Gasteiger partial charge in [0, 0.05) is 12.5 Å². The van der Waals surface area contributed by atoms with E-state index in [0.29, 0.717) is 12.8 Å². The molecule has 2 rings (SSSR count). The molecule has 118 valence electrons. The maximum atomic E-state index is 13.6. The van der Waals surface area contributed by atoms with Gasteiger partial charge in [-0.1, -0.05) is 0 Å². The maximum Gasteiger partial charge on any atom is 0.305 e. The highest BCUT2D eigenvalue weighted by Crippen LogP contribution is 2.35. The van der Waals surface area contributed by atoms with E-state index in [0.717, 1.165) is 12.5 Å². The molecule has 22 heavy (non-hydrogen) atoms. The van der Waals surface area contributed by atoms with Crippen molar-refractivity contribution in [1.82, 2.24) is 5.32 Å². The molecule has 0 atom stereocenters. The molecular formula is C15H17FN2O4. The van der Waals surface area contributed by atoms with Crippen LogP contribution >= 0.6 is 0 Å². The van der Waals surface area contributed by atoms with Gasteiger partial charge in [-0.3, -0.25) is 14.4 Å². The molecule has 1 aromatic carbocycles. The average molecular weight is 308 g/mol. The fourth-order valence-electron chi connectivity index (χ4n) is 2.50. The molecule has 0 heterocycles. The van der Waals surface area contributed by atoms with Crippen LogP contribution in [0.1, 0.15) is 43.0 Å². The van der Waals surface area contributed by atoms with Crippen LogP contribution in [0.25, 0.3) is 0 Å². The smallest absolute Gasteiger partial charge is 0.305 e. The Bertz CT molecular complexity index is 626. The van der Waals surface area contributed by atoms with E-state index in [4.69, 9.17) is 5.11 Å². The largest absolute Gasteiger partial charge is 0.481 e. The van der Waals surface area contributed by atoms with Gasteiger partial charge in [-0.05, 0) is 37.5 Å². The highest BCUT2D eigenvalue weighted by atomic mass is 19.1. The summed E-state index contributed by atoms with van der Waals surface area (Å²) in [4.78, 5) is 34.2. The van der Waals surface area contributed by atoms with Crippen LogP contribution in [0.4, 0.5) is 10.1 Å². The molecule has 6 nitrogen and oxygen atoms in total. The fourth-order valence-corrected chi connectivity index (χ4v) is 2.50. The highest BCUT2D eigenvalue weighted by Gasteiger charge is 2.40. The van der Waals surface area contributed by atoms with E-state index in [9.17, 15) is 18.8 Å². The molecule has 0 aliphatic heterocycles. The molecule has 7 heteroatoms. The number of hydrogen-bond acceptors (Lipinski definition) is 3. The molecule has 2 amide bonds. The first-order valence-corrected chi connectivity index (χ1v) is 6.93. The minimum atomic E-state index is -0.974. The Balaban J connectivity index is 2.15. The third-order valence-corrected chi connectivity index (χ3v) is 3.72. The van der Waals surface area contributed by atoms with Crippen molar-refractivity contribution in [3.8, 4) is 0 Å². The van der Waals surface area contributed by atoms with E-state index in [2.05, 4.69) is 10.6 Å². The van der Waals surface area contributed by atoms with Gasteiger partial charge in [-0.15, -0.1) is 0 Å². The molecule has 0 bridgehead atoms. The van der Waals surface area contributed by atoms with Crippen molar-refractivity contribution in [2.24, 2.45) is 0 Å². The third kappa shape index (κ3) is 3.60. The first-order valence-electron chi connectivity index (χ1n) is 6.93. The zero-order valence-electron chi connectivity index (χ0n) is 12.1. The van der Waals surface area contributed by atoms with Crippen LogP contribution in [0.5, 0.6) is 0 Å². The SMILES string of the molecule is CC(=O)Nc1cc(C(=O)NC2(CC(=O)O)CCC2)ccc1F. The number of aliphatic carboxylic acids is 1. The average Bonchev–Trinajstić information content (AvgIpc) is 2.37. The molecule has 1 aromatic rings. The fraction of sp³-hybridized carbons (Fsp3) is 0.400. The number of hydrogen-bond donors (Lipinski definition) is 3. The summed E-state index contributed by atoms with van der Waals surface area (Å²) in [5, 5.41) is 14.0. The Morgan fingerprint density at radius 3 is 2.50 bits per heavy atom. The van der Waals surface area contributed by atoms with E-state index >= 15 is 0 Å².